The molecule has 0 N–H and O–H groups in total. The second-order valence-corrected chi connectivity index (χ2v) is 5.42. The van der Waals surface area contributed by atoms with Gasteiger partial charge in [-0.05, 0) is 19.9 Å². The number of aromatic nitrogens is 4. The summed E-state index contributed by atoms with van der Waals surface area (Å²) in [7, 11) is 1.85. The summed E-state index contributed by atoms with van der Waals surface area (Å²) in [6.45, 7) is 3.82. The first kappa shape index (κ1) is 12.7. The summed E-state index contributed by atoms with van der Waals surface area (Å²) in [5, 5.41) is 6.09. The molecule has 0 aliphatic carbocycles. The summed E-state index contributed by atoms with van der Waals surface area (Å²) in [5.74, 6) is -0.324. The lowest BCUT2D eigenvalue weighted by Gasteiger charge is -2.00. The molecule has 3 heterocycles. The first-order valence-electron chi connectivity index (χ1n) is 6.07. The fraction of sp³-hybridized carbons (Fsp3) is 0.231. The van der Waals surface area contributed by atoms with E-state index in [-0.39, 0.29) is 5.91 Å². The molecule has 0 bridgehead atoms. The molecule has 0 spiro atoms. The maximum absolute atomic E-state index is 12.3. The summed E-state index contributed by atoms with van der Waals surface area (Å²) >= 11 is 1.41. The molecule has 0 aliphatic heterocycles. The number of thiazole rings is 1. The van der Waals surface area contributed by atoms with Crippen molar-refractivity contribution in [3.8, 4) is 0 Å². The lowest BCUT2D eigenvalue weighted by molar-refractivity contribution is 0.0999. The predicted molar refractivity (Wildman–Crippen MR) is 75.6 cm³/mol. The second kappa shape index (κ2) is 4.68. The van der Waals surface area contributed by atoms with Gasteiger partial charge in [-0.25, -0.2) is 9.50 Å². The molecule has 6 nitrogen and oxygen atoms in total. The van der Waals surface area contributed by atoms with Crippen LogP contribution in [0.2, 0.25) is 0 Å². The molecule has 1 amide bonds. The minimum atomic E-state index is -0.324. The van der Waals surface area contributed by atoms with E-state index in [1.807, 2.05) is 38.5 Å². The normalized spacial score (nSPS) is 12.2. The molecule has 3 aromatic rings. The van der Waals surface area contributed by atoms with Gasteiger partial charge in [0.25, 0.3) is 5.91 Å². The zero-order valence-corrected chi connectivity index (χ0v) is 12.2. The van der Waals surface area contributed by atoms with Gasteiger partial charge < -0.3 is 4.57 Å². The number of hydrogen-bond acceptors (Lipinski definition) is 4. The Bertz CT molecular complexity index is 870. The van der Waals surface area contributed by atoms with E-state index in [9.17, 15) is 4.79 Å². The molecule has 20 heavy (non-hydrogen) atoms. The van der Waals surface area contributed by atoms with Crippen LogP contribution in [0, 0.1) is 13.8 Å². The van der Waals surface area contributed by atoms with Crippen LogP contribution >= 0.6 is 11.3 Å². The number of nitrogens with zero attached hydrogens (tertiary/aromatic N) is 5. The number of carbonyl (C=O) groups excluding carboxylic acids is 1. The zero-order chi connectivity index (χ0) is 14.3. The molecule has 0 atom stereocenters. The van der Waals surface area contributed by atoms with E-state index in [1.54, 1.807) is 9.08 Å². The van der Waals surface area contributed by atoms with Gasteiger partial charge in [0.2, 0.25) is 0 Å². The van der Waals surface area contributed by atoms with E-state index in [1.165, 1.54) is 17.5 Å². The van der Waals surface area contributed by atoms with Crippen LogP contribution in [0.15, 0.2) is 28.8 Å². The molecule has 7 heteroatoms. The van der Waals surface area contributed by atoms with Gasteiger partial charge in [0.1, 0.15) is 5.56 Å². The topological polar surface area (TPSA) is 64.6 Å². The Morgan fingerprint density at radius 3 is 2.90 bits per heavy atom. The molecular formula is C13H13N5OS. The van der Waals surface area contributed by atoms with E-state index in [2.05, 4.69) is 15.1 Å². The summed E-state index contributed by atoms with van der Waals surface area (Å²) in [6.07, 6.45) is 3.38. The highest BCUT2D eigenvalue weighted by atomic mass is 32.1. The summed E-state index contributed by atoms with van der Waals surface area (Å²) in [5.41, 5.74) is 2.76. The third kappa shape index (κ3) is 2.05. The summed E-state index contributed by atoms with van der Waals surface area (Å²) in [6, 6.07) is 1.92. The van der Waals surface area contributed by atoms with Crippen molar-refractivity contribution in [3.05, 3.63) is 45.6 Å². The molecule has 0 unspecified atom stereocenters. The Balaban J connectivity index is 2.16. The molecule has 102 valence electrons. The highest BCUT2D eigenvalue weighted by molar-refractivity contribution is 7.07. The number of aryl methyl sites for hydroxylation is 3. The van der Waals surface area contributed by atoms with Crippen molar-refractivity contribution in [3.63, 3.8) is 0 Å². The number of carbonyl (C=O) groups is 1. The minimum absolute atomic E-state index is 0.324. The molecule has 3 rings (SSSR count). The molecule has 3 aromatic heterocycles. The van der Waals surface area contributed by atoms with Gasteiger partial charge in [0, 0.05) is 30.0 Å². The van der Waals surface area contributed by atoms with Gasteiger partial charge in [0.05, 0.1) is 6.20 Å². The van der Waals surface area contributed by atoms with Crippen LogP contribution in [-0.2, 0) is 7.05 Å². The van der Waals surface area contributed by atoms with Crippen LogP contribution in [0.4, 0.5) is 0 Å². The van der Waals surface area contributed by atoms with E-state index < -0.39 is 0 Å². The first-order chi connectivity index (χ1) is 9.56. The smallest absolute Gasteiger partial charge is 0.285 e. The van der Waals surface area contributed by atoms with Gasteiger partial charge >= 0.3 is 0 Å². The Hall–Kier alpha value is -2.28. The van der Waals surface area contributed by atoms with Crippen LogP contribution in [-0.4, -0.2) is 25.1 Å². The van der Waals surface area contributed by atoms with Crippen LogP contribution < -0.4 is 4.80 Å². The Morgan fingerprint density at radius 1 is 1.40 bits per heavy atom. The van der Waals surface area contributed by atoms with Crippen molar-refractivity contribution in [2.75, 3.05) is 0 Å². The van der Waals surface area contributed by atoms with E-state index in [0.717, 1.165) is 11.4 Å². The lowest BCUT2D eigenvalue weighted by atomic mass is 10.3. The van der Waals surface area contributed by atoms with E-state index >= 15 is 0 Å². The van der Waals surface area contributed by atoms with Gasteiger partial charge in [-0.2, -0.15) is 10.1 Å². The monoisotopic (exact) mass is 287 g/mol. The van der Waals surface area contributed by atoms with Crippen molar-refractivity contribution in [2.45, 2.75) is 13.8 Å². The van der Waals surface area contributed by atoms with Crippen molar-refractivity contribution in [1.29, 1.82) is 0 Å². The van der Waals surface area contributed by atoms with Crippen LogP contribution in [0.25, 0.3) is 5.65 Å². The molecular weight excluding hydrogens is 274 g/mol. The Kier molecular flexibility index (Phi) is 2.98. The van der Waals surface area contributed by atoms with Gasteiger partial charge in [-0.3, -0.25) is 4.79 Å². The number of rotatable bonds is 1. The molecule has 0 saturated heterocycles. The molecule has 0 radical (unpaired) electrons. The zero-order valence-electron chi connectivity index (χ0n) is 11.4. The van der Waals surface area contributed by atoms with Crippen molar-refractivity contribution >= 4 is 22.9 Å². The van der Waals surface area contributed by atoms with Crippen LogP contribution in [0.5, 0.6) is 0 Å². The Morgan fingerprint density at radius 2 is 2.20 bits per heavy atom. The Labute approximate surface area is 119 Å². The van der Waals surface area contributed by atoms with E-state index in [4.69, 9.17) is 0 Å². The third-order valence-electron chi connectivity index (χ3n) is 2.97. The maximum Gasteiger partial charge on any atom is 0.285 e. The second-order valence-electron chi connectivity index (χ2n) is 4.55. The van der Waals surface area contributed by atoms with Crippen LogP contribution in [0.3, 0.4) is 0 Å². The molecule has 0 fully saturated rings. The average molecular weight is 287 g/mol. The number of fused-ring (bicyclic) bond motifs is 1. The van der Waals surface area contributed by atoms with Gasteiger partial charge in [-0.15, -0.1) is 11.3 Å². The van der Waals surface area contributed by atoms with Gasteiger partial charge in [0.15, 0.2) is 10.4 Å². The fourth-order valence-electron chi connectivity index (χ4n) is 2.00. The minimum Gasteiger partial charge on any atom is -0.327 e. The molecule has 0 aromatic carbocycles. The maximum atomic E-state index is 12.3. The lowest BCUT2D eigenvalue weighted by Crippen LogP contribution is -2.12. The highest BCUT2D eigenvalue weighted by Gasteiger charge is 2.15. The van der Waals surface area contributed by atoms with E-state index in [0.29, 0.717) is 16.0 Å². The molecule has 0 aliphatic rings. The predicted octanol–water partition coefficient (Wildman–Crippen LogP) is 1.49. The highest BCUT2D eigenvalue weighted by Crippen LogP contribution is 2.12. The van der Waals surface area contributed by atoms with Crippen molar-refractivity contribution in [1.82, 2.24) is 19.2 Å². The van der Waals surface area contributed by atoms with Gasteiger partial charge in [-0.1, -0.05) is 0 Å². The van der Waals surface area contributed by atoms with Crippen molar-refractivity contribution in [2.24, 2.45) is 12.0 Å². The number of hydrogen-bond donors (Lipinski definition) is 0. The van der Waals surface area contributed by atoms with Crippen LogP contribution in [0.1, 0.15) is 21.7 Å². The molecule has 0 saturated carbocycles. The fourth-order valence-corrected chi connectivity index (χ4v) is 2.73. The first-order valence-corrected chi connectivity index (χ1v) is 6.95. The third-order valence-corrected chi connectivity index (χ3v) is 3.81. The summed E-state index contributed by atoms with van der Waals surface area (Å²) in [4.78, 5) is 21.5. The summed E-state index contributed by atoms with van der Waals surface area (Å²) < 4.78 is 3.46. The van der Waals surface area contributed by atoms with Crippen molar-refractivity contribution < 1.29 is 4.79 Å². The quantitative estimate of drug-likeness (QED) is 0.681. The average Bonchev–Trinajstić information content (AvgIpc) is 2.96. The number of amides is 1. The SMILES string of the molecule is Cc1cc(C)n2ncc(C(=O)N=c3sccn3C)c2n1. The largest absolute Gasteiger partial charge is 0.327 e. The standard InChI is InChI=1S/C13H13N5OS/c1-8-6-9(2)18-11(15-8)10(7-14-18)12(19)16-13-17(3)4-5-20-13/h4-7H,1-3H3.